The molecule has 0 aliphatic rings. The van der Waals surface area contributed by atoms with E-state index in [1.807, 2.05) is 13.0 Å². The molecule has 2 nitrogen and oxygen atoms in total. The molecule has 0 N–H and O–H groups in total. The predicted molar refractivity (Wildman–Crippen MR) is 45.8 cm³/mol. The molecule has 11 heavy (non-hydrogen) atoms. The van der Waals surface area contributed by atoms with Gasteiger partial charge >= 0.3 is 0 Å². The van der Waals surface area contributed by atoms with Gasteiger partial charge in [-0.1, -0.05) is 24.9 Å². The molecule has 0 aliphatic heterocycles. The zero-order valence-corrected chi connectivity index (χ0v) is 7.52. The van der Waals surface area contributed by atoms with Gasteiger partial charge in [0.2, 0.25) is 0 Å². The van der Waals surface area contributed by atoms with Crippen LogP contribution in [-0.4, -0.2) is 9.97 Å². The third-order valence-electron chi connectivity index (χ3n) is 1.37. The molecule has 0 atom stereocenters. The molecule has 0 bridgehead atoms. The molecule has 60 valence electrons. The molecular formula is C8H11ClN2. The molecule has 0 aliphatic carbocycles. The normalized spacial score (nSPS) is 10.1. The summed E-state index contributed by atoms with van der Waals surface area (Å²) in [5.41, 5.74) is 1.03. The second-order valence-corrected chi connectivity index (χ2v) is 2.87. The van der Waals surface area contributed by atoms with Crippen molar-refractivity contribution in [3.8, 4) is 0 Å². The molecule has 0 fully saturated rings. The standard InChI is InChI=1S/C8H11ClN2/c1-3-4-7-5-8(9)11-6(2)10-7/h5H,3-4H2,1-2H3. The van der Waals surface area contributed by atoms with Crippen molar-refractivity contribution in [1.29, 1.82) is 0 Å². The smallest absolute Gasteiger partial charge is 0.133 e. The van der Waals surface area contributed by atoms with Crippen LogP contribution in [0.25, 0.3) is 0 Å². The summed E-state index contributed by atoms with van der Waals surface area (Å²) in [5, 5.41) is 0.543. The van der Waals surface area contributed by atoms with E-state index in [1.165, 1.54) is 0 Å². The molecule has 0 saturated carbocycles. The number of nitrogens with zero attached hydrogens (tertiary/aromatic N) is 2. The van der Waals surface area contributed by atoms with E-state index in [0.29, 0.717) is 5.15 Å². The van der Waals surface area contributed by atoms with Crippen molar-refractivity contribution < 1.29 is 0 Å². The highest BCUT2D eigenvalue weighted by Gasteiger charge is 1.97. The molecule has 3 heteroatoms. The summed E-state index contributed by atoms with van der Waals surface area (Å²) in [4.78, 5) is 8.20. The molecule has 1 heterocycles. The van der Waals surface area contributed by atoms with E-state index in [9.17, 15) is 0 Å². The molecule has 0 saturated heterocycles. The van der Waals surface area contributed by atoms with Crippen molar-refractivity contribution in [2.45, 2.75) is 26.7 Å². The van der Waals surface area contributed by atoms with Gasteiger partial charge in [-0.2, -0.15) is 0 Å². The summed E-state index contributed by atoms with van der Waals surface area (Å²) in [5.74, 6) is 0.751. The zero-order valence-electron chi connectivity index (χ0n) is 6.76. The number of aromatic nitrogens is 2. The van der Waals surface area contributed by atoms with Gasteiger partial charge in [-0.3, -0.25) is 0 Å². The summed E-state index contributed by atoms with van der Waals surface area (Å²) in [7, 11) is 0. The zero-order chi connectivity index (χ0) is 8.27. The van der Waals surface area contributed by atoms with Crippen LogP contribution in [0.3, 0.4) is 0 Å². The molecule has 1 rings (SSSR count). The van der Waals surface area contributed by atoms with Crippen molar-refractivity contribution in [2.24, 2.45) is 0 Å². The van der Waals surface area contributed by atoms with E-state index in [-0.39, 0.29) is 0 Å². The largest absolute Gasteiger partial charge is 0.238 e. The van der Waals surface area contributed by atoms with Gasteiger partial charge in [0.05, 0.1) is 0 Å². The highest BCUT2D eigenvalue weighted by atomic mass is 35.5. The van der Waals surface area contributed by atoms with Gasteiger partial charge in [0.15, 0.2) is 0 Å². The Hall–Kier alpha value is -0.630. The van der Waals surface area contributed by atoms with E-state index in [2.05, 4.69) is 16.9 Å². The lowest BCUT2D eigenvalue weighted by Crippen LogP contribution is -1.94. The second-order valence-electron chi connectivity index (χ2n) is 2.48. The molecule has 1 aromatic heterocycles. The SMILES string of the molecule is CCCc1cc(Cl)nc(C)n1. The van der Waals surface area contributed by atoms with Crippen molar-refractivity contribution in [1.82, 2.24) is 9.97 Å². The van der Waals surface area contributed by atoms with Crippen LogP contribution >= 0.6 is 11.6 Å². The van der Waals surface area contributed by atoms with Crippen LogP contribution in [0, 0.1) is 6.92 Å². The Morgan fingerprint density at radius 3 is 2.73 bits per heavy atom. The lowest BCUT2D eigenvalue weighted by molar-refractivity contribution is 0.857. The van der Waals surface area contributed by atoms with Crippen LogP contribution in [-0.2, 0) is 6.42 Å². The number of hydrogen-bond acceptors (Lipinski definition) is 2. The lowest BCUT2D eigenvalue weighted by atomic mass is 10.2. The average Bonchev–Trinajstić information content (AvgIpc) is 1.85. The summed E-state index contributed by atoms with van der Waals surface area (Å²) >= 11 is 5.73. The average molecular weight is 171 g/mol. The summed E-state index contributed by atoms with van der Waals surface area (Å²) < 4.78 is 0. The maximum absolute atomic E-state index is 5.73. The highest BCUT2D eigenvalue weighted by molar-refractivity contribution is 6.29. The van der Waals surface area contributed by atoms with E-state index < -0.39 is 0 Å². The fourth-order valence-corrected chi connectivity index (χ4v) is 1.22. The fraction of sp³-hybridized carbons (Fsp3) is 0.500. The molecule has 0 amide bonds. The molecular weight excluding hydrogens is 160 g/mol. The Bertz CT molecular complexity index is 228. The van der Waals surface area contributed by atoms with Crippen molar-refractivity contribution >= 4 is 11.6 Å². The third kappa shape index (κ3) is 2.46. The maximum atomic E-state index is 5.73. The quantitative estimate of drug-likeness (QED) is 0.637. The van der Waals surface area contributed by atoms with E-state index in [1.54, 1.807) is 0 Å². The second kappa shape index (κ2) is 3.67. The summed E-state index contributed by atoms with van der Waals surface area (Å²) in [6, 6.07) is 1.82. The van der Waals surface area contributed by atoms with Gasteiger partial charge in [0.1, 0.15) is 11.0 Å². The Morgan fingerprint density at radius 2 is 2.18 bits per heavy atom. The lowest BCUT2D eigenvalue weighted by Gasteiger charge is -1.99. The van der Waals surface area contributed by atoms with Crippen molar-refractivity contribution in [2.75, 3.05) is 0 Å². The number of hydrogen-bond donors (Lipinski definition) is 0. The van der Waals surface area contributed by atoms with Gasteiger partial charge < -0.3 is 0 Å². The fourth-order valence-electron chi connectivity index (χ4n) is 0.974. The molecule has 0 aromatic carbocycles. The first kappa shape index (κ1) is 8.47. The first-order chi connectivity index (χ1) is 5.22. The van der Waals surface area contributed by atoms with Gasteiger partial charge in [-0.05, 0) is 19.4 Å². The molecule has 0 unspecified atom stereocenters. The third-order valence-corrected chi connectivity index (χ3v) is 1.56. The minimum atomic E-state index is 0.543. The predicted octanol–water partition coefficient (Wildman–Crippen LogP) is 2.39. The van der Waals surface area contributed by atoms with Crippen LogP contribution in [0.2, 0.25) is 5.15 Å². The van der Waals surface area contributed by atoms with Gasteiger partial charge in [0.25, 0.3) is 0 Å². The summed E-state index contributed by atoms with van der Waals surface area (Å²) in [6.07, 6.45) is 2.07. The number of aryl methyl sites for hydroxylation is 2. The van der Waals surface area contributed by atoms with Crippen LogP contribution in [0.5, 0.6) is 0 Å². The Balaban J connectivity index is 2.89. The molecule has 0 spiro atoms. The van der Waals surface area contributed by atoms with Crippen LogP contribution < -0.4 is 0 Å². The van der Waals surface area contributed by atoms with Crippen LogP contribution in [0.15, 0.2) is 6.07 Å². The summed E-state index contributed by atoms with van der Waals surface area (Å²) in [6.45, 7) is 3.97. The van der Waals surface area contributed by atoms with Crippen molar-refractivity contribution in [3.63, 3.8) is 0 Å². The topological polar surface area (TPSA) is 25.8 Å². The van der Waals surface area contributed by atoms with Gasteiger partial charge in [-0.25, -0.2) is 9.97 Å². The monoisotopic (exact) mass is 170 g/mol. The first-order valence-corrected chi connectivity index (χ1v) is 4.10. The van der Waals surface area contributed by atoms with E-state index in [4.69, 9.17) is 11.6 Å². The maximum Gasteiger partial charge on any atom is 0.133 e. The van der Waals surface area contributed by atoms with Crippen molar-refractivity contribution in [3.05, 3.63) is 22.7 Å². The van der Waals surface area contributed by atoms with Gasteiger partial charge in [0, 0.05) is 5.69 Å². The molecule has 0 radical (unpaired) electrons. The van der Waals surface area contributed by atoms with E-state index >= 15 is 0 Å². The van der Waals surface area contributed by atoms with Crippen LogP contribution in [0.4, 0.5) is 0 Å². The minimum absolute atomic E-state index is 0.543. The number of halogens is 1. The van der Waals surface area contributed by atoms with Gasteiger partial charge in [-0.15, -0.1) is 0 Å². The number of rotatable bonds is 2. The highest BCUT2D eigenvalue weighted by Crippen LogP contribution is 2.07. The van der Waals surface area contributed by atoms with E-state index in [0.717, 1.165) is 24.4 Å². The Labute approximate surface area is 71.6 Å². The minimum Gasteiger partial charge on any atom is -0.238 e. The first-order valence-electron chi connectivity index (χ1n) is 3.72. The Kier molecular flexibility index (Phi) is 2.83. The van der Waals surface area contributed by atoms with Crippen LogP contribution in [0.1, 0.15) is 24.9 Å². The Morgan fingerprint density at radius 1 is 1.45 bits per heavy atom. The molecule has 1 aromatic rings.